The highest BCUT2D eigenvalue weighted by Gasteiger charge is 2.32. The molecule has 0 aliphatic carbocycles. The van der Waals surface area contributed by atoms with E-state index in [0.717, 1.165) is 29.5 Å². The van der Waals surface area contributed by atoms with E-state index >= 15 is 0 Å². The van der Waals surface area contributed by atoms with Gasteiger partial charge in [0, 0.05) is 19.5 Å². The monoisotopic (exact) mass is 454 g/mol. The van der Waals surface area contributed by atoms with Gasteiger partial charge in [0.15, 0.2) is 6.10 Å². The van der Waals surface area contributed by atoms with Gasteiger partial charge in [0.2, 0.25) is 5.91 Å². The highest BCUT2D eigenvalue weighted by Crippen LogP contribution is 2.38. The molecule has 5 nitrogen and oxygen atoms in total. The quantitative estimate of drug-likeness (QED) is 0.578. The van der Waals surface area contributed by atoms with E-state index in [1.807, 2.05) is 43.0 Å². The van der Waals surface area contributed by atoms with Crippen molar-refractivity contribution in [2.45, 2.75) is 65.5 Å². The van der Waals surface area contributed by atoms with Crippen molar-refractivity contribution in [1.82, 2.24) is 10.2 Å². The number of nitrogens with one attached hydrogen (secondary N) is 1. The van der Waals surface area contributed by atoms with Gasteiger partial charge in [-0.15, -0.1) is 0 Å². The van der Waals surface area contributed by atoms with Crippen LogP contribution in [0.2, 0.25) is 0 Å². The van der Waals surface area contributed by atoms with Crippen molar-refractivity contribution in [2.24, 2.45) is 5.92 Å². The molecule has 0 saturated carbocycles. The fourth-order valence-electron chi connectivity index (χ4n) is 4.26. The predicted molar refractivity (Wildman–Crippen MR) is 128 cm³/mol. The van der Waals surface area contributed by atoms with Crippen molar-refractivity contribution in [3.8, 4) is 5.75 Å². The minimum atomic E-state index is -0.597. The fraction of sp³-hybridized carbons (Fsp3) is 0.481. The first-order valence-corrected chi connectivity index (χ1v) is 12.0. The standard InChI is InChI=1S/C27H35FN2O3/c1-5-24(27(32)29-14-12-18(3)4)33-22-11-10-19-13-15-30(25(31)6-2)26(23(19)17-22)20-8-7-9-21(28)16-20/h7-11,16-18,24,26H,5-6,12-15H2,1-4H3,(H,29,32)/t24-,26-/m0/s1. The van der Waals surface area contributed by atoms with Gasteiger partial charge < -0.3 is 15.0 Å². The van der Waals surface area contributed by atoms with Crippen LogP contribution < -0.4 is 10.1 Å². The van der Waals surface area contributed by atoms with E-state index in [9.17, 15) is 14.0 Å². The van der Waals surface area contributed by atoms with Crippen molar-refractivity contribution in [1.29, 1.82) is 0 Å². The molecule has 1 heterocycles. The molecule has 0 radical (unpaired) electrons. The van der Waals surface area contributed by atoms with Crippen LogP contribution in [0.25, 0.3) is 0 Å². The summed E-state index contributed by atoms with van der Waals surface area (Å²) in [5.74, 6) is 0.657. The Morgan fingerprint density at radius 1 is 1.18 bits per heavy atom. The number of hydrogen-bond acceptors (Lipinski definition) is 3. The number of amides is 2. The van der Waals surface area contributed by atoms with Crippen molar-refractivity contribution in [3.05, 3.63) is 65.0 Å². The normalized spacial score (nSPS) is 16.3. The van der Waals surface area contributed by atoms with E-state index in [2.05, 4.69) is 19.2 Å². The van der Waals surface area contributed by atoms with Gasteiger partial charge in [0.05, 0.1) is 6.04 Å². The summed E-state index contributed by atoms with van der Waals surface area (Å²) in [6, 6.07) is 11.8. The number of benzene rings is 2. The minimum absolute atomic E-state index is 0.0252. The van der Waals surface area contributed by atoms with E-state index in [1.165, 1.54) is 12.1 Å². The number of carbonyl (C=O) groups is 2. The zero-order chi connectivity index (χ0) is 24.0. The number of rotatable bonds is 9. The van der Waals surface area contributed by atoms with Crippen LogP contribution in [0.4, 0.5) is 4.39 Å². The molecule has 0 saturated heterocycles. The number of hydrogen-bond donors (Lipinski definition) is 1. The lowest BCUT2D eigenvalue weighted by atomic mass is 9.87. The summed E-state index contributed by atoms with van der Waals surface area (Å²) in [5.41, 5.74) is 2.75. The van der Waals surface area contributed by atoms with Crippen molar-refractivity contribution >= 4 is 11.8 Å². The SMILES string of the molecule is CCC(=O)N1CCc2ccc(O[C@@H](CC)C(=O)NCCC(C)C)cc2[C@@H]1c1cccc(F)c1. The lowest BCUT2D eigenvalue weighted by Gasteiger charge is -2.38. The Labute approximate surface area is 196 Å². The fourth-order valence-corrected chi connectivity index (χ4v) is 4.26. The first kappa shape index (κ1) is 24.7. The Balaban J connectivity index is 1.89. The lowest BCUT2D eigenvalue weighted by molar-refractivity contribution is -0.133. The molecule has 2 aromatic carbocycles. The average molecular weight is 455 g/mol. The summed E-state index contributed by atoms with van der Waals surface area (Å²) >= 11 is 0. The third-order valence-electron chi connectivity index (χ3n) is 6.10. The molecule has 2 amide bonds. The van der Waals surface area contributed by atoms with Crippen LogP contribution in [0.3, 0.4) is 0 Å². The smallest absolute Gasteiger partial charge is 0.261 e. The molecule has 33 heavy (non-hydrogen) atoms. The van der Waals surface area contributed by atoms with Gasteiger partial charge in [0.1, 0.15) is 11.6 Å². The molecule has 2 aromatic rings. The molecule has 3 rings (SSSR count). The van der Waals surface area contributed by atoms with Crippen molar-refractivity contribution in [2.75, 3.05) is 13.1 Å². The second-order valence-corrected chi connectivity index (χ2v) is 9.00. The van der Waals surface area contributed by atoms with Gasteiger partial charge in [-0.05, 0) is 66.1 Å². The van der Waals surface area contributed by atoms with Gasteiger partial charge in [0.25, 0.3) is 5.91 Å². The average Bonchev–Trinajstić information content (AvgIpc) is 2.80. The Morgan fingerprint density at radius 2 is 1.97 bits per heavy atom. The Bertz CT molecular complexity index is 976. The van der Waals surface area contributed by atoms with Gasteiger partial charge >= 0.3 is 0 Å². The summed E-state index contributed by atoms with van der Waals surface area (Å²) in [4.78, 5) is 27.2. The van der Waals surface area contributed by atoms with Crippen molar-refractivity contribution < 1.29 is 18.7 Å². The van der Waals surface area contributed by atoms with Gasteiger partial charge in [-0.2, -0.15) is 0 Å². The Hall–Kier alpha value is -2.89. The maximum atomic E-state index is 14.1. The maximum Gasteiger partial charge on any atom is 0.261 e. The first-order valence-electron chi connectivity index (χ1n) is 12.0. The summed E-state index contributed by atoms with van der Waals surface area (Å²) in [5, 5.41) is 2.96. The van der Waals surface area contributed by atoms with Gasteiger partial charge in [-0.25, -0.2) is 4.39 Å². The minimum Gasteiger partial charge on any atom is -0.481 e. The number of fused-ring (bicyclic) bond motifs is 1. The summed E-state index contributed by atoms with van der Waals surface area (Å²) in [6.45, 7) is 9.20. The summed E-state index contributed by atoms with van der Waals surface area (Å²) < 4.78 is 20.2. The molecule has 0 unspecified atom stereocenters. The second kappa shape index (κ2) is 11.3. The third-order valence-corrected chi connectivity index (χ3v) is 6.10. The lowest BCUT2D eigenvalue weighted by Crippen LogP contribution is -2.40. The van der Waals surface area contributed by atoms with E-state index in [0.29, 0.717) is 37.6 Å². The first-order chi connectivity index (χ1) is 15.8. The van der Waals surface area contributed by atoms with Crippen LogP contribution >= 0.6 is 0 Å². The molecule has 1 aliphatic rings. The Kier molecular flexibility index (Phi) is 8.48. The molecule has 6 heteroatoms. The molecule has 0 spiro atoms. The molecule has 1 aliphatic heterocycles. The van der Waals surface area contributed by atoms with E-state index in [1.54, 1.807) is 6.07 Å². The number of ether oxygens (including phenoxy) is 1. The van der Waals surface area contributed by atoms with E-state index < -0.39 is 6.10 Å². The highest BCUT2D eigenvalue weighted by molar-refractivity contribution is 5.81. The second-order valence-electron chi connectivity index (χ2n) is 9.00. The Morgan fingerprint density at radius 3 is 2.64 bits per heavy atom. The van der Waals surface area contributed by atoms with Crippen LogP contribution in [0.15, 0.2) is 42.5 Å². The molecule has 1 N–H and O–H groups in total. The van der Waals surface area contributed by atoms with Gasteiger partial charge in [-0.3, -0.25) is 9.59 Å². The molecule has 178 valence electrons. The predicted octanol–water partition coefficient (Wildman–Crippen LogP) is 5.03. The maximum absolute atomic E-state index is 14.1. The molecule has 0 fully saturated rings. The largest absolute Gasteiger partial charge is 0.481 e. The van der Waals surface area contributed by atoms with Crippen LogP contribution in [-0.2, 0) is 16.0 Å². The zero-order valence-electron chi connectivity index (χ0n) is 20.1. The summed E-state index contributed by atoms with van der Waals surface area (Å²) in [6.07, 6.45) is 1.96. The molecule has 0 aromatic heterocycles. The summed E-state index contributed by atoms with van der Waals surface area (Å²) in [7, 11) is 0. The van der Waals surface area contributed by atoms with Crippen LogP contribution in [0.5, 0.6) is 5.75 Å². The van der Waals surface area contributed by atoms with Crippen LogP contribution in [-0.4, -0.2) is 35.9 Å². The zero-order valence-corrected chi connectivity index (χ0v) is 20.1. The van der Waals surface area contributed by atoms with Gasteiger partial charge in [-0.1, -0.05) is 45.9 Å². The number of carbonyl (C=O) groups excluding carboxylic acids is 2. The van der Waals surface area contributed by atoms with E-state index in [-0.39, 0.29) is 23.7 Å². The topological polar surface area (TPSA) is 58.6 Å². The molecular formula is C27H35FN2O3. The molecular weight excluding hydrogens is 419 g/mol. The van der Waals surface area contributed by atoms with Crippen LogP contribution in [0.1, 0.15) is 69.7 Å². The highest BCUT2D eigenvalue weighted by atomic mass is 19.1. The number of halogens is 1. The molecule has 2 atom stereocenters. The van der Waals surface area contributed by atoms with Crippen molar-refractivity contribution in [3.63, 3.8) is 0 Å². The van der Waals surface area contributed by atoms with Crippen LogP contribution in [0, 0.1) is 11.7 Å². The third kappa shape index (κ3) is 6.12. The number of nitrogens with zero attached hydrogens (tertiary/aromatic N) is 1. The van der Waals surface area contributed by atoms with E-state index in [4.69, 9.17) is 4.74 Å². The molecule has 0 bridgehead atoms.